The highest BCUT2D eigenvalue weighted by Gasteiger charge is 2.09. The molecule has 0 fully saturated rings. The number of methoxy groups -OCH3 is 1. The summed E-state index contributed by atoms with van der Waals surface area (Å²) in [4.78, 5) is 22.0. The molecular formula is C10H9ClO4. The first-order valence-electron chi connectivity index (χ1n) is 4.13. The Morgan fingerprint density at radius 1 is 1.27 bits per heavy atom. The summed E-state index contributed by atoms with van der Waals surface area (Å²) in [7, 11) is 1.22. The zero-order chi connectivity index (χ0) is 11.3. The first kappa shape index (κ1) is 11.5. The van der Waals surface area contributed by atoms with Crippen LogP contribution in [0.15, 0.2) is 24.3 Å². The van der Waals surface area contributed by atoms with Crippen LogP contribution in [-0.4, -0.2) is 25.7 Å². The van der Waals surface area contributed by atoms with Gasteiger partial charge in [0.2, 0.25) is 0 Å². The van der Waals surface area contributed by atoms with Gasteiger partial charge in [-0.3, -0.25) is 0 Å². The van der Waals surface area contributed by atoms with Crippen LogP contribution in [0.2, 0.25) is 5.02 Å². The van der Waals surface area contributed by atoms with E-state index in [9.17, 15) is 9.59 Å². The molecule has 0 aromatic heterocycles. The lowest BCUT2D eigenvalue weighted by molar-refractivity contribution is -0.144. The first-order chi connectivity index (χ1) is 7.13. The zero-order valence-electron chi connectivity index (χ0n) is 8.03. The second-order valence-corrected chi connectivity index (χ2v) is 3.10. The Morgan fingerprint density at radius 2 is 1.87 bits per heavy atom. The first-order valence-corrected chi connectivity index (χ1v) is 4.51. The third-order valence-corrected chi connectivity index (χ3v) is 1.88. The maximum Gasteiger partial charge on any atom is 0.344 e. The molecule has 0 spiro atoms. The van der Waals surface area contributed by atoms with Gasteiger partial charge in [0.1, 0.15) is 0 Å². The van der Waals surface area contributed by atoms with Gasteiger partial charge in [-0.1, -0.05) is 11.6 Å². The molecule has 0 atom stereocenters. The van der Waals surface area contributed by atoms with E-state index in [1.54, 1.807) is 12.1 Å². The lowest BCUT2D eigenvalue weighted by Crippen LogP contribution is -2.14. The highest BCUT2D eigenvalue weighted by atomic mass is 35.5. The van der Waals surface area contributed by atoms with E-state index in [-0.39, 0.29) is 0 Å². The van der Waals surface area contributed by atoms with Crippen LogP contribution in [-0.2, 0) is 14.3 Å². The van der Waals surface area contributed by atoms with Crippen LogP contribution in [0.3, 0.4) is 0 Å². The fraction of sp³-hybridized carbons (Fsp3) is 0.200. The topological polar surface area (TPSA) is 52.6 Å². The Labute approximate surface area is 91.7 Å². The Hall–Kier alpha value is -1.55. The third-order valence-electron chi connectivity index (χ3n) is 1.63. The van der Waals surface area contributed by atoms with Crippen molar-refractivity contribution in [2.45, 2.75) is 0 Å². The number of carbonyl (C=O) groups is 2. The summed E-state index contributed by atoms with van der Waals surface area (Å²) in [6.07, 6.45) is 0. The van der Waals surface area contributed by atoms with Gasteiger partial charge < -0.3 is 9.47 Å². The largest absolute Gasteiger partial charge is 0.466 e. The summed E-state index contributed by atoms with van der Waals surface area (Å²) in [5, 5.41) is 0.527. The van der Waals surface area contributed by atoms with E-state index in [0.717, 1.165) is 0 Å². The minimum absolute atomic E-state index is 0.336. The van der Waals surface area contributed by atoms with Crippen LogP contribution >= 0.6 is 11.6 Å². The molecule has 1 aromatic rings. The van der Waals surface area contributed by atoms with Crippen LogP contribution < -0.4 is 0 Å². The molecule has 0 heterocycles. The molecule has 0 aliphatic heterocycles. The van der Waals surface area contributed by atoms with Gasteiger partial charge in [0.15, 0.2) is 6.61 Å². The van der Waals surface area contributed by atoms with Crippen molar-refractivity contribution in [2.75, 3.05) is 13.7 Å². The van der Waals surface area contributed by atoms with Gasteiger partial charge in [-0.2, -0.15) is 0 Å². The number of ether oxygens (including phenoxy) is 2. The van der Waals surface area contributed by atoms with Gasteiger partial charge in [-0.15, -0.1) is 0 Å². The third kappa shape index (κ3) is 3.59. The summed E-state index contributed by atoms with van der Waals surface area (Å²) < 4.78 is 8.98. The number of benzene rings is 1. The van der Waals surface area contributed by atoms with E-state index < -0.39 is 18.5 Å². The number of hydrogen-bond donors (Lipinski definition) is 0. The van der Waals surface area contributed by atoms with Crippen LogP contribution in [0.25, 0.3) is 0 Å². The van der Waals surface area contributed by atoms with Crippen LogP contribution in [0.1, 0.15) is 10.4 Å². The van der Waals surface area contributed by atoms with Crippen molar-refractivity contribution in [3.8, 4) is 0 Å². The van der Waals surface area contributed by atoms with E-state index in [1.807, 2.05) is 0 Å². The number of hydrogen-bond acceptors (Lipinski definition) is 4. The number of esters is 2. The van der Waals surface area contributed by atoms with Crippen molar-refractivity contribution in [3.05, 3.63) is 34.9 Å². The fourth-order valence-corrected chi connectivity index (χ4v) is 0.979. The van der Waals surface area contributed by atoms with Crippen molar-refractivity contribution in [3.63, 3.8) is 0 Å². The van der Waals surface area contributed by atoms with Crippen molar-refractivity contribution >= 4 is 23.5 Å². The summed E-state index contributed by atoms with van der Waals surface area (Å²) in [5.41, 5.74) is 0.336. The van der Waals surface area contributed by atoms with Crippen molar-refractivity contribution in [1.29, 1.82) is 0 Å². The Bertz CT molecular complexity index is 358. The predicted octanol–water partition coefficient (Wildman–Crippen LogP) is 1.67. The van der Waals surface area contributed by atoms with E-state index in [0.29, 0.717) is 10.6 Å². The van der Waals surface area contributed by atoms with Crippen LogP contribution in [0.4, 0.5) is 0 Å². The van der Waals surface area contributed by atoms with Gasteiger partial charge in [-0.05, 0) is 24.3 Å². The lowest BCUT2D eigenvalue weighted by Gasteiger charge is -2.02. The van der Waals surface area contributed by atoms with Crippen LogP contribution in [0, 0.1) is 0 Å². The lowest BCUT2D eigenvalue weighted by atomic mass is 10.2. The highest BCUT2D eigenvalue weighted by molar-refractivity contribution is 6.30. The quantitative estimate of drug-likeness (QED) is 0.739. The molecule has 0 N–H and O–H groups in total. The molecule has 0 radical (unpaired) electrons. The maximum absolute atomic E-state index is 11.3. The monoisotopic (exact) mass is 228 g/mol. The van der Waals surface area contributed by atoms with Gasteiger partial charge in [-0.25, -0.2) is 9.59 Å². The van der Waals surface area contributed by atoms with Crippen molar-refractivity contribution < 1.29 is 19.1 Å². The molecule has 0 saturated carbocycles. The summed E-state index contributed by atoms with van der Waals surface area (Å²) in [6, 6.07) is 6.16. The molecule has 0 amide bonds. The van der Waals surface area contributed by atoms with Gasteiger partial charge in [0.25, 0.3) is 0 Å². The number of carbonyl (C=O) groups excluding carboxylic acids is 2. The molecule has 0 aliphatic carbocycles. The van der Waals surface area contributed by atoms with Crippen LogP contribution in [0.5, 0.6) is 0 Å². The van der Waals surface area contributed by atoms with E-state index in [4.69, 9.17) is 11.6 Å². The highest BCUT2D eigenvalue weighted by Crippen LogP contribution is 2.10. The Kier molecular flexibility index (Phi) is 4.12. The average Bonchev–Trinajstić information content (AvgIpc) is 2.26. The normalized spacial score (nSPS) is 9.47. The minimum atomic E-state index is -0.600. The molecule has 15 heavy (non-hydrogen) atoms. The zero-order valence-corrected chi connectivity index (χ0v) is 8.78. The molecule has 0 saturated heterocycles. The standard InChI is InChI=1S/C10H9ClO4/c1-14-9(12)6-15-10(13)7-2-4-8(11)5-3-7/h2-5H,6H2,1H3. The maximum atomic E-state index is 11.3. The molecule has 4 nitrogen and oxygen atoms in total. The molecule has 0 aliphatic rings. The molecule has 1 aromatic carbocycles. The van der Waals surface area contributed by atoms with E-state index >= 15 is 0 Å². The molecule has 0 unspecified atom stereocenters. The Morgan fingerprint density at radius 3 is 2.40 bits per heavy atom. The summed E-state index contributed by atoms with van der Waals surface area (Å²) in [5.74, 6) is -1.19. The van der Waals surface area contributed by atoms with Crippen molar-refractivity contribution in [1.82, 2.24) is 0 Å². The molecule has 0 bridgehead atoms. The smallest absolute Gasteiger partial charge is 0.344 e. The minimum Gasteiger partial charge on any atom is -0.466 e. The summed E-state index contributed by atoms with van der Waals surface area (Å²) in [6.45, 7) is -0.391. The second-order valence-electron chi connectivity index (χ2n) is 2.66. The SMILES string of the molecule is COC(=O)COC(=O)c1ccc(Cl)cc1. The van der Waals surface area contributed by atoms with Gasteiger partial charge in [0.05, 0.1) is 12.7 Å². The summed E-state index contributed by atoms with van der Waals surface area (Å²) >= 11 is 5.64. The van der Waals surface area contributed by atoms with Crippen molar-refractivity contribution in [2.24, 2.45) is 0 Å². The molecular weight excluding hydrogens is 220 g/mol. The second kappa shape index (κ2) is 5.36. The predicted molar refractivity (Wildman–Crippen MR) is 53.8 cm³/mol. The fourth-order valence-electron chi connectivity index (χ4n) is 0.853. The average molecular weight is 229 g/mol. The number of rotatable bonds is 3. The number of halogens is 1. The van der Waals surface area contributed by atoms with E-state index in [1.165, 1.54) is 19.2 Å². The molecule has 5 heteroatoms. The van der Waals surface area contributed by atoms with Gasteiger partial charge in [0, 0.05) is 5.02 Å². The Balaban J connectivity index is 2.54. The van der Waals surface area contributed by atoms with Gasteiger partial charge >= 0.3 is 11.9 Å². The molecule has 1 rings (SSSR count). The van der Waals surface area contributed by atoms with E-state index in [2.05, 4.69) is 9.47 Å². The molecule has 80 valence electrons.